The summed E-state index contributed by atoms with van der Waals surface area (Å²) < 4.78 is 13.1. The van der Waals surface area contributed by atoms with Crippen molar-refractivity contribution in [3.63, 3.8) is 0 Å². The molecule has 0 aliphatic heterocycles. The molecule has 0 aliphatic rings. The summed E-state index contributed by atoms with van der Waals surface area (Å²) >= 11 is 0. The summed E-state index contributed by atoms with van der Waals surface area (Å²) in [4.78, 5) is 0. The number of rotatable bonds is 2. The minimum absolute atomic E-state index is 1.07. The molecular formula is C10H13FSi. The lowest BCUT2D eigenvalue weighted by Crippen LogP contribution is -2.13. The van der Waals surface area contributed by atoms with E-state index in [4.69, 9.17) is 0 Å². The van der Waals surface area contributed by atoms with Gasteiger partial charge in [-0.2, -0.15) is 0 Å². The van der Waals surface area contributed by atoms with E-state index in [0.29, 0.717) is 0 Å². The van der Waals surface area contributed by atoms with Gasteiger partial charge in [0.15, 0.2) is 0 Å². The molecule has 1 aromatic rings. The van der Waals surface area contributed by atoms with Crippen molar-refractivity contribution in [2.24, 2.45) is 0 Å². The molecule has 0 atom stereocenters. The van der Waals surface area contributed by atoms with E-state index in [9.17, 15) is 4.11 Å². The van der Waals surface area contributed by atoms with Crippen LogP contribution in [0, 0.1) is 0 Å². The van der Waals surface area contributed by atoms with E-state index in [2.05, 4.69) is 0 Å². The molecule has 1 rings (SSSR count). The largest absolute Gasteiger partial charge is 0.309 e. The maximum absolute atomic E-state index is 13.1. The fraction of sp³-hybridized carbons (Fsp3) is 0.200. The van der Waals surface area contributed by atoms with Crippen LogP contribution in [0.1, 0.15) is 5.56 Å². The van der Waals surface area contributed by atoms with Gasteiger partial charge in [-0.05, 0) is 18.7 Å². The van der Waals surface area contributed by atoms with Gasteiger partial charge in [-0.3, -0.25) is 0 Å². The molecular weight excluding hydrogens is 167 g/mol. The second-order valence-electron chi connectivity index (χ2n) is 3.31. The van der Waals surface area contributed by atoms with Crippen LogP contribution in [-0.4, -0.2) is 8.41 Å². The molecule has 64 valence electrons. The highest BCUT2D eigenvalue weighted by molar-refractivity contribution is 6.76. The Balaban J connectivity index is 2.71. The molecule has 0 aliphatic carbocycles. The SMILES string of the molecule is C[Si](C)(F)/C=C\c1ccccc1. The zero-order valence-electron chi connectivity index (χ0n) is 7.42. The fourth-order valence-corrected chi connectivity index (χ4v) is 1.45. The van der Waals surface area contributed by atoms with Gasteiger partial charge in [0.2, 0.25) is 0 Å². The summed E-state index contributed by atoms with van der Waals surface area (Å²) in [5.74, 6) is 0. The van der Waals surface area contributed by atoms with Crippen LogP contribution in [0.25, 0.3) is 6.08 Å². The highest BCUT2D eigenvalue weighted by atomic mass is 28.4. The molecule has 0 spiro atoms. The first-order valence-corrected chi connectivity index (χ1v) is 6.97. The number of benzene rings is 1. The third-order valence-electron chi connectivity index (χ3n) is 1.47. The summed E-state index contributed by atoms with van der Waals surface area (Å²) in [6.07, 6.45) is 1.85. The zero-order chi connectivity index (χ0) is 9.03. The lowest BCUT2D eigenvalue weighted by molar-refractivity contribution is 0.821. The molecule has 0 bridgehead atoms. The van der Waals surface area contributed by atoms with Gasteiger partial charge in [0.1, 0.15) is 0 Å². The Morgan fingerprint density at radius 3 is 2.25 bits per heavy atom. The first-order chi connectivity index (χ1) is 5.58. The van der Waals surface area contributed by atoms with Crippen molar-refractivity contribution in [2.45, 2.75) is 13.1 Å². The van der Waals surface area contributed by atoms with E-state index in [1.54, 1.807) is 18.8 Å². The first kappa shape index (κ1) is 9.20. The van der Waals surface area contributed by atoms with Crippen LogP contribution in [0.3, 0.4) is 0 Å². The van der Waals surface area contributed by atoms with Crippen molar-refractivity contribution >= 4 is 14.5 Å². The second-order valence-corrected chi connectivity index (χ2v) is 6.77. The quantitative estimate of drug-likeness (QED) is 0.483. The molecule has 1 aromatic carbocycles. The maximum Gasteiger partial charge on any atom is 0.264 e. The third kappa shape index (κ3) is 3.48. The maximum atomic E-state index is 13.1. The number of halogens is 1. The van der Waals surface area contributed by atoms with E-state index < -0.39 is 8.41 Å². The average molecular weight is 180 g/mol. The minimum Gasteiger partial charge on any atom is -0.309 e. The van der Waals surface area contributed by atoms with Crippen molar-refractivity contribution in [3.05, 3.63) is 41.6 Å². The lowest BCUT2D eigenvalue weighted by Gasteiger charge is -2.02. The van der Waals surface area contributed by atoms with Crippen molar-refractivity contribution in [2.75, 3.05) is 0 Å². The van der Waals surface area contributed by atoms with E-state index in [1.165, 1.54) is 0 Å². The van der Waals surface area contributed by atoms with Gasteiger partial charge < -0.3 is 4.11 Å². The van der Waals surface area contributed by atoms with Crippen molar-refractivity contribution in [3.8, 4) is 0 Å². The predicted octanol–water partition coefficient (Wildman–Crippen LogP) is 3.41. The highest BCUT2D eigenvalue weighted by Gasteiger charge is 2.14. The molecule has 0 heterocycles. The van der Waals surface area contributed by atoms with Gasteiger partial charge in [-0.15, -0.1) is 0 Å². The highest BCUT2D eigenvalue weighted by Crippen LogP contribution is 2.08. The molecule has 0 nitrogen and oxygen atoms in total. The average Bonchev–Trinajstić information content (AvgIpc) is 2.02. The zero-order valence-corrected chi connectivity index (χ0v) is 8.42. The second kappa shape index (κ2) is 3.67. The van der Waals surface area contributed by atoms with Crippen molar-refractivity contribution in [1.29, 1.82) is 0 Å². The molecule has 0 saturated heterocycles. The van der Waals surface area contributed by atoms with E-state index >= 15 is 0 Å². The molecule has 0 unspecified atom stereocenters. The van der Waals surface area contributed by atoms with Crippen LogP contribution in [0.4, 0.5) is 4.11 Å². The molecule has 2 heteroatoms. The van der Waals surface area contributed by atoms with Gasteiger partial charge >= 0.3 is 0 Å². The minimum atomic E-state index is -2.52. The Bertz CT molecular complexity index is 259. The predicted molar refractivity (Wildman–Crippen MR) is 54.1 cm³/mol. The van der Waals surface area contributed by atoms with Crippen LogP contribution in [0.5, 0.6) is 0 Å². The Morgan fingerprint density at radius 2 is 1.75 bits per heavy atom. The number of hydrogen-bond donors (Lipinski definition) is 0. The van der Waals surface area contributed by atoms with E-state index in [-0.39, 0.29) is 0 Å². The monoisotopic (exact) mass is 180 g/mol. The normalized spacial score (nSPS) is 12.2. The van der Waals surface area contributed by atoms with Crippen LogP contribution < -0.4 is 0 Å². The third-order valence-corrected chi connectivity index (χ3v) is 2.43. The smallest absolute Gasteiger partial charge is 0.264 e. The molecule has 0 amide bonds. The summed E-state index contributed by atoms with van der Waals surface area (Å²) in [6, 6.07) is 9.79. The van der Waals surface area contributed by atoms with Crippen LogP contribution in [-0.2, 0) is 0 Å². The molecule has 0 fully saturated rings. The van der Waals surface area contributed by atoms with Crippen LogP contribution >= 0.6 is 0 Å². The Labute approximate surface area is 73.9 Å². The van der Waals surface area contributed by atoms with Gasteiger partial charge in [0.05, 0.1) is 0 Å². The Morgan fingerprint density at radius 1 is 1.17 bits per heavy atom. The van der Waals surface area contributed by atoms with E-state index in [0.717, 1.165) is 5.56 Å². The lowest BCUT2D eigenvalue weighted by atomic mass is 10.2. The van der Waals surface area contributed by atoms with E-state index in [1.807, 2.05) is 36.4 Å². The molecule has 0 aromatic heterocycles. The summed E-state index contributed by atoms with van der Waals surface area (Å²) in [7, 11) is -2.52. The first-order valence-electron chi connectivity index (χ1n) is 4.01. The van der Waals surface area contributed by atoms with Gasteiger partial charge in [0.25, 0.3) is 8.41 Å². The summed E-state index contributed by atoms with van der Waals surface area (Å²) in [6.45, 7) is 3.35. The molecule has 12 heavy (non-hydrogen) atoms. The molecule has 0 N–H and O–H groups in total. The van der Waals surface area contributed by atoms with Crippen LogP contribution in [0.2, 0.25) is 13.1 Å². The summed E-state index contributed by atoms with van der Waals surface area (Å²) in [5, 5.41) is 0. The topological polar surface area (TPSA) is 0 Å². The standard InChI is InChI=1S/C10H13FSi/c1-12(2,11)9-8-10-6-4-3-5-7-10/h3-9H,1-2H3/b9-8-. The Hall–Kier alpha value is -0.893. The van der Waals surface area contributed by atoms with Crippen LogP contribution in [0.15, 0.2) is 36.0 Å². The van der Waals surface area contributed by atoms with Gasteiger partial charge in [-0.1, -0.05) is 42.1 Å². The Kier molecular flexibility index (Phi) is 2.81. The molecule has 0 saturated carbocycles. The van der Waals surface area contributed by atoms with Crippen molar-refractivity contribution in [1.82, 2.24) is 0 Å². The number of hydrogen-bond acceptors (Lipinski definition) is 0. The fourth-order valence-electron chi connectivity index (χ4n) is 0.859. The van der Waals surface area contributed by atoms with Gasteiger partial charge in [0, 0.05) is 0 Å². The van der Waals surface area contributed by atoms with Crippen molar-refractivity contribution < 1.29 is 4.11 Å². The molecule has 0 radical (unpaired) electrons. The van der Waals surface area contributed by atoms with Gasteiger partial charge in [-0.25, -0.2) is 0 Å². The summed E-state index contributed by atoms with van der Waals surface area (Å²) in [5.41, 5.74) is 2.76.